The van der Waals surface area contributed by atoms with E-state index in [0.717, 1.165) is 27.3 Å². The highest BCUT2D eigenvalue weighted by atomic mass is 35.5. The lowest BCUT2D eigenvalue weighted by Crippen LogP contribution is -2.35. The molecule has 0 N–H and O–H groups in total. The van der Waals surface area contributed by atoms with Crippen molar-refractivity contribution < 1.29 is 14.5 Å². The van der Waals surface area contributed by atoms with Crippen molar-refractivity contribution >= 4 is 67.4 Å². The Labute approximate surface area is 188 Å². The summed E-state index contributed by atoms with van der Waals surface area (Å²) in [5.74, 6) is 0.506. The Morgan fingerprint density at radius 1 is 1.23 bits per heavy atom. The second kappa shape index (κ2) is 10.5. The Balaban J connectivity index is 0.00000320. The Morgan fingerprint density at radius 2 is 2.00 bits per heavy atom. The largest absolute Gasteiger partial charge is 0.497 e. The molecule has 0 saturated carbocycles. The van der Waals surface area contributed by atoms with Crippen LogP contribution in [0.5, 0.6) is 5.75 Å². The van der Waals surface area contributed by atoms with Gasteiger partial charge in [-0.05, 0) is 44.4 Å². The van der Waals surface area contributed by atoms with Gasteiger partial charge < -0.3 is 9.64 Å². The van der Waals surface area contributed by atoms with E-state index in [1.54, 1.807) is 24.2 Å². The number of fused-ring (bicyclic) bond motifs is 1. The van der Waals surface area contributed by atoms with Gasteiger partial charge in [0.15, 0.2) is 5.13 Å². The number of thiazole rings is 1. The molecule has 3 aromatic rings. The Bertz CT molecular complexity index is 1060. The van der Waals surface area contributed by atoms with E-state index >= 15 is 0 Å². The molecule has 0 spiro atoms. The molecule has 2 heterocycles. The molecule has 2 aromatic heterocycles. The fourth-order valence-corrected chi connectivity index (χ4v) is 4.26. The minimum absolute atomic E-state index is 0. The summed E-state index contributed by atoms with van der Waals surface area (Å²) < 4.78 is 6.19. The van der Waals surface area contributed by atoms with Crippen LogP contribution in [-0.4, -0.2) is 55.0 Å². The molecule has 0 aliphatic carbocycles. The molecule has 11 heteroatoms. The molecule has 0 unspecified atom stereocenters. The summed E-state index contributed by atoms with van der Waals surface area (Å²) >= 11 is 2.44. The molecule has 0 aliphatic heterocycles. The minimum Gasteiger partial charge on any atom is -0.497 e. The van der Waals surface area contributed by atoms with E-state index in [0.29, 0.717) is 23.1 Å². The zero-order valence-corrected chi connectivity index (χ0v) is 19.1. The fourth-order valence-electron chi connectivity index (χ4n) is 2.51. The number of rotatable bonds is 8. The molecule has 0 radical (unpaired) electrons. The lowest BCUT2D eigenvalue weighted by molar-refractivity contribution is -0.380. The standard InChI is InChI=1S/C19H20N4O4S2.ClH/c1-21(2)10-11-22(17(24)8-5-14-6-9-18(28-14)23(25)26)19-20-15-7-4-13(27-3)12-16(15)29-19;/h4-9,12H,10-11H2,1-3H3;1H. The molecular formula is C19H21ClN4O4S2. The smallest absolute Gasteiger partial charge is 0.324 e. The molecule has 3 rings (SSSR count). The number of nitro groups is 1. The number of carbonyl (C=O) groups excluding carboxylic acids is 1. The van der Waals surface area contributed by atoms with E-state index in [2.05, 4.69) is 4.98 Å². The number of likely N-dealkylation sites (N-methyl/N-ethyl adjacent to an activating group) is 1. The van der Waals surface area contributed by atoms with Gasteiger partial charge in [0.1, 0.15) is 5.75 Å². The lowest BCUT2D eigenvalue weighted by atomic mass is 10.3. The van der Waals surface area contributed by atoms with Crippen LogP contribution in [0.2, 0.25) is 0 Å². The maximum atomic E-state index is 12.9. The van der Waals surface area contributed by atoms with Gasteiger partial charge in [0.2, 0.25) is 0 Å². The van der Waals surface area contributed by atoms with Crippen LogP contribution >= 0.6 is 35.1 Å². The topological polar surface area (TPSA) is 88.8 Å². The van der Waals surface area contributed by atoms with Crippen molar-refractivity contribution in [3.8, 4) is 5.75 Å². The summed E-state index contributed by atoms with van der Waals surface area (Å²) in [5, 5.41) is 11.5. The average molecular weight is 469 g/mol. The second-order valence-electron chi connectivity index (χ2n) is 6.39. The van der Waals surface area contributed by atoms with Gasteiger partial charge in [-0.25, -0.2) is 4.98 Å². The van der Waals surface area contributed by atoms with Crippen LogP contribution < -0.4 is 9.64 Å². The number of aromatic nitrogens is 1. The number of hydrogen-bond acceptors (Lipinski definition) is 8. The van der Waals surface area contributed by atoms with E-state index in [1.807, 2.05) is 37.2 Å². The number of nitrogens with zero attached hydrogens (tertiary/aromatic N) is 4. The van der Waals surface area contributed by atoms with Crippen LogP contribution in [0, 0.1) is 10.1 Å². The van der Waals surface area contributed by atoms with Crippen molar-refractivity contribution in [3.05, 3.63) is 51.4 Å². The predicted octanol–water partition coefficient (Wildman–Crippen LogP) is 4.30. The second-order valence-corrected chi connectivity index (χ2v) is 8.49. The van der Waals surface area contributed by atoms with Crippen molar-refractivity contribution in [1.82, 2.24) is 9.88 Å². The van der Waals surface area contributed by atoms with E-state index < -0.39 is 4.92 Å². The summed E-state index contributed by atoms with van der Waals surface area (Å²) in [4.78, 5) is 32.1. The summed E-state index contributed by atoms with van der Waals surface area (Å²) in [7, 11) is 5.48. The van der Waals surface area contributed by atoms with E-state index in [1.165, 1.54) is 23.5 Å². The normalized spacial score (nSPS) is 11.1. The number of halogens is 1. The van der Waals surface area contributed by atoms with Crippen LogP contribution in [0.15, 0.2) is 36.4 Å². The molecule has 8 nitrogen and oxygen atoms in total. The summed E-state index contributed by atoms with van der Waals surface area (Å²) in [6.07, 6.45) is 3.02. The molecule has 0 aliphatic rings. The number of hydrogen-bond donors (Lipinski definition) is 0. The maximum absolute atomic E-state index is 12.9. The molecule has 160 valence electrons. The third-order valence-corrected chi connectivity index (χ3v) is 6.08. The van der Waals surface area contributed by atoms with Crippen LogP contribution in [0.3, 0.4) is 0 Å². The van der Waals surface area contributed by atoms with Crippen molar-refractivity contribution in [3.63, 3.8) is 0 Å². The first-order chi connectivity index (χ1) is 13.9. The van der Waals surface area contributed by atoms with Gasteiger partial charge >= 0.3 is 5.00 Å². The number of anilines is 1. The quantitative estimate of drug-likeness (QED) is 0.278. The summed E-state index contributed by atoms with van der Waals surface area (Å²) in [6, 6.07) is 8.65. The average Bonchev–Trinajstić information content (AvgIpc) is 3.32. The van der Waals surface area contributed by atoms with Crippen LogP contribution in [0.25, 0.3) is 16.3 Å². The molecule has 1 aromatic carbocycles. The highest BCUT2D eigenvalue weighted by Crippen LogP contribution is 2.32. The molecule has 0 fully saturated rings. The zero-order chi connectivity index (χ0) is 21.0. The summed E-state index contributed by atoms with van der Waals surface area (Å²) in [5.41, 5.74) is 0.798. The predicted molar refractivity (Wildman–Crippen MR) is 124 cm³/mol. The van der Waals surface area contributed by atoms with Gasteiger partial charge in [0, 0.05) is 30.1 Å². The first-order valence-electron chi connectivity index (χ1n) is 8.70. The van der Waals surface area contributed by atoms with Gasteiger partial charge in [-0.2, -0.15) is 0 Å². The van der Waals surface area contributed by atoms with Crippen molar-refractivity contribution in [2.45, 2.75) is 0 Å². The number of thiophene rings is 1. The highest BCUT2D eigenvalue weighted by Gasteiger charge is 2.18. The monoisotopic (exact) mass is 468 g/mol. The van der Waals surface area contributed by atoms with Gasteiger partial charge in [0.05, 0.1) is 22.2 Å². The zero-order valence-electron chi connectivity index (χ0n) is 16.6. The number of amides is 1. The lowest BCUT2D eigenvalue weighted by Gasteiger charge is -2.20. The fraction of sp³-hybridized carbons (Fsp3) is 0.263. The molecule has 0 saturated heterocycles. The number of ether oxygens (including phenoxy) is 1. The Hall–Kier alpha value is -2.53. The van der Waals surface area contributed by atoms with Gasteiger partial charge in [-0.1, -0.05) is 22.7 Å². The van der Waals surface area contributed by atoms with Crippen LogP contribution in [-0.2, 0) is 4.79 Å². The highest BCUT2D eigenvalue weighted by molar-refractivity contribution is 7.22. The molecule has 30 heavy (non-hydrogen) atoms. The number of carbonyl (C=O) groups is 1. The first kappa shape index (κ1) is 23.7. The minimum atomic E-state index is -0.442. The molecule has 1 amide bonds. The van der Waals surface area contributed by atoms with E-state index in [-0.39, 0.29) is 23.3 Å². The van der Waals surface area contributed by atoms with Crippen molar-refractivity contribution in [1.29, 1.82) is 0 Å². The molecule has 0 bridgehead atoms. The van der Waals surface area contributed by atoms with E-state index in [4.69, 9.17) is 4.74 Å². The maximum Gasteiger partial charge on any atom is 0.324 e. The number of methoxy groups -OCH3 is 1. The van der Waals surface area contributed by atoms with Gasteiger partial charge in [0.25, 0.3) is 5.91 Å². The first-order valence-corrected chi connectivity index (χ1v) is 10.3. The summed E-state index contributed by atoms with van der Waals surface area (Å²) in [6.45, 7) is 1.14. The Kier molecular flexibility index (Phi) is 8.30. The van der Waals surface area contributed by atoms with Crippen LogP contribution in [0.4, 0.5) is 10.1 Å². The third-order valence-electron chi connectivity index (χ3n) is 4.03. The van der Waals surface area contributed by atoms with Crippen LogP contribution in [0.1, 0.15) is 4.88 Å². The Morgan fingerprint density at radius 3 is 2.63 bits per heavy atom. The molecular weight excluding hydrogens is 448 g/mol. The SMILES string of the molecule is COc1ccc2nc(N(CCN(C)C)C(=O)C=Cc3ccc([N+](=O)[O-])s3)sc2c1.Cl. The van der Waals surface area contributed by atoms with Gasteiger partial charge in [-0.3, -0.25) is 19.8 Å². The van der Waals surface area contributed by atoms with Crippen molar-refractivity contribution in [2.24, 2.45) is 0 Å². The third kappa shape index (κ3) is 5.76. The number of benzene rings is 1. The molecule has 0 atom stereocenters. The van der Waals surface area contributed by atoms with Gasteiger partial charge in [-0.15, -0.1) is 12.4 Å². The van der Waals surface area contributed by atoms with E-state index in [9.17, 15) is 14.9 Å². The van der Waals surface area contributed by atoms with Crippen molar-refractivity contribution in [2.75, 3.05) is 39.2 Å².